The van der Waals surface area contributed by atoms with Crippen molar-refractivity contribution in [1.82, 2.24) is 4.98 Å². The molecule has 1 aromatic rings. The first-order valence-corrected chi connectivity index (χ1v) is 5.39. The van der Waals surface area contributed by atoms with Gasteiger partial charge in [0.25, 0.3) is 0 Å². The molecule has 0 saturated heterocycles. The maximum absolute atomic E-state index is 9.84. The quantitative estimate of drug-likeness (QED) is 0.739. The van der Waals surface area contributed by atoms with Crippen LogP contribution in [0.15, 0.2) is 6.07 Å². The summed E-state index contributed by atoms with van der Waals surface area (Å²) in [5, 5.41) is 9.84. The van der Waals surface area contributed by atoms with Crippen LogP contribution in [-0.4, -0.2) is 10.1 Å². The average molecular weight is 191 g/mol. The second-order valence-electron chi connectivity index (χ2n) is 4.06. The molecule has 0 aromatic carbocycles. The Morgan fingerprint density at radius 2 is 2.36 bits per heavy atom. The third-order valence-electron chi connectivity index (χ3n) is 3.01. The standard InChI is InChI=1S/C12H17NO/c1-3-9-7-8(2)10-5-4-6-11(14)12(10)13-9/h7,11,14H,3-6H2,1-2H3. The molecule has 1 unspecified atom stereocenters. The van der Waals surface area contributed by atoms with E-state index in [9.17, 15) is 5.11 Å². The molecule has 0 fully saturated rings. The molecule has 1 heterocycles. The number of aliphatic hydroxyl groups is 1. The summed E-state index contributed by atoms with van der Waals surface area (Å²) < 4.78 is 0. The Morgan fingerprint density at radius 1 is 1.57 bits per heavy atom. The molecule has 1 atom stereocenters. The minimum atomic E-state index is -0.330. The third-order valence-corrected chi connectivity index (χ3v) is 3.01. The van der Waals surface area contributed by atoms with Crippen LogP contribution in [0.3, 0.4) is 0 Å². The first kappa shape index (κ1) is 9.66. The summed E-state index contributed by atoms with van der Waals surface area (Å²) >= 11 is 0. The van der Waals surface area contributed by atoms with E-state index < -0.39 is 0 Å². The highest BCUT2D eigenvalue weighted by Gasteiger charge is 2.21. The lowest BCUT2D eigenvalue weighted by Gasteiger charge is -2.22. The number of aryl methyl sites for hydroxylation is 2. The number of nitrogens with zero attached hydrogens (tertiary/aromatic N) is 1. The van der Waals surface area contributed by atoms with Crippen molar-refractivity contribution in [3.63, 3.8) is 0 Å². The lowest BCUT2D eigenvalue weighted by Crippen LogP contribution is -2.14. The Kier molecular flexibility index (Phi) is 2.55. The summed E-state index contributed by atoms with van der Waals surface area (Å²) in [5.74, 6) is 0. The molecule has 1 aromatic heterocycles. The number of rotatable bonds is 1. The van der Waals surface area contributed by atoms with Gasteiger partial charge in [0.15, 0.2) is 0 Å². The molecule has 0 spiro atoms. The van der Waals surface area contributed by atoms with Gasteiger partial charge in [-0.3, -0.25) is 4.98 Å². The second kappa shape index (κ2) is 3.70. The summed E-state index contributed by atoms with van der Waals surface area (Å²) in [6.07, 6.45) is 3.65. The van der Waals surface area contributed by atoms with Crippen LogP contribution in [0.25, 0.3) is 0 Å². The predicted octanol–water partition coefficient (Wildman–Crippen LogP) is 2.32. The van der Waals surface area contributed by atoms with Crippen LogP contribution < -0.4 is 0 Å². The number of aromatic nitrogens is 1. The van der Waals surface area contributed by atoms with Crippen molar-refractivity contribution in [3.8, 4) is 0 Å². The topological polar surface area (TPSA) is 33.1 Å². The number of fused-ring (bicyclic) bond motifs is 1. The van der Waals surface area contributed by atoms with E-state index in [4.69, 9.17) is 0 Å². The highest BCUT2D eigenvalue weighted by molar-refractivity contribution is 5.34. The van der Waals surface area contributed by atoms with Gasteiger partial charge in [0.05, 0.1) is 11.8 Å². The number of hydrogen-bond donors (Lipinski definition) is 1. The fourth-order valence-electron chi connectivity index (χ4n) is 2.18. The van der Waals surface area contributed by atoms with Crippen molar-refractivity contribution in [3.05, 3.63) is 28.6 Å². The van der Waals surface area contributed by atoms with E-state index >= 15 is 0 Å². The molecule has 0 bridgehead atoms. The van der Waals surface area contributed by atoms with Crippen molar-refractivity contribution in [2.24, 2.45) is 0 Å². The highest BCUT2D eigenvalue weighted by Crippen LogP contribution is 2.30. The lowest BCUT2D eigenvalue weighted by molar-refractivity contribution is 0.151. The summed E-state index contributed by atoms with van der Waals surface area (Å²) in [7, 11) is 0. The van der Waals surface area contributed by atoms with Crippen molar-refractivity contribution < 1.29 is 5.11 Å². The average Bonchev–Trinajstić information content (AvgIpc) is 2.19. The Bertz CT molecular complexity index is 346. The summed E-state index contributed by atoms with van der Waals surface area (Å²) in [6, 6.07) is 2.15. The zero-order chi connectivity index (χ0) is 10.1. The zero-order valence-corrected chi connectivity index (χ0v) is 8.88. The molecule has 1 N–H and O–H groups in total. The van der Waals surface area contributed by atoms with Crippen molar-refractivity contribution >= 4 is 0 Å². The molecule has 2 nitrogen and oxygen atoms in total. The largest absolute Gasteiger partial charge is 0.387 e. The van der Waals surface area contributed by atoms with Crippen LogP contribution in [0.2, 0.25) is 0 Å². The SMILES string of the molecule is CCc1cc(C)c2c(n1)C(O)CCC2. The van der Waals surface area contributed by atoms with Gasteiger partial charge in [0.1, 0.15) is 0 Å². The first-order chi connectivity index (χ1) is 6.72. The van der Waals surface area contributed by atoms with Gasteiger partial charge in [-0.2, -0.15) is 0 Å². The molecule has 14 heavy (non-hydrogen) atoms. The monoisotopic (exact) mass is 191 g/mol. The summed E-state index contributed by atoms with van der Waals surface area (Å²) in [4.78, 5) is 4.52. The fourth-order valence-corrected chi connectivity index (χ4v) is 2.18. The number of pyridine rings is 1. The maximum atomic E-state index is 9.84. The molecule has 0 aliphatic heterocycles. The van der Waals surface area contributed by atoms with Gasteiger partial charge in [0, 0.05) is 5.69 Å². The highest BCUT2D eigenvalue weighted by atomic mass is 16.3. The minimum Gasteiger partial charge on any atom is -0.387 e. The molecule has 2 heteroatoms. The summed E-state index contributed by atoms with van der Waals surface area (Å²) in [6.45, 7) is 4.22. The van der Waals surface area contributed by atoms with E-state index in [0.29, 0.717) is 0 Å². The van der Waals surface area contributed by atoms with E-state index in [2.05, 4.69) is 24.9 Å². The fraction of sp³-hybridized carbons (Fsp3) is 0.583. The molecule has 76 valence electrons. The molecule has 0 radical (unpaired) electrons. The zero-order valence-electron chi connectivity index (χ0n) is 8.88. The number of aliphatic hydroxyl groups excluding tert-OH is 1. The Morgan fingerprint density at radius 3 is 3.07 bits per heavy atom. The lowest BCUT2D eigenvalue weighted by atomic mass is 9.90. The van der Waals surface area contributed by atoms with Crippen LogP contribution in [-0.2, 0) is 12.8 Å². The normalized spacial score (nSPS) is 20.6. The Balaban J connectivity index is 2.51. The van der Waals surface area contributed by atoms with Crippen molar-refractivity contribution in [2.75, 3.05) is 0 Å². The molecule has 2 rings (SSSR count). The van der Waals surface area contributed by atoms with Crippen LogP contribution in [0, 0.1) is 6.92 Å². The molecule has 0 amide bonds. The van der Waals surface area contributed by atoms with Gasteiger partial charge in [-0.15, -0.1) is 0 Å². The van der Waals surface area contributed by atoms with Crippen LogP contribution in [0.4, 0.5) is 0 Å². The third kappa shape index (κ3) is 1.55. The second-order valence-corrected chi connectivity index (χ2v) is 4.06. The van der Waals surface area contributed by atoms with Crippen LogP contribution in [0.5, 0.6) is 0 Å². The maximum Gasteiger partial charge on any atom is 0.0962 e. The minimum absolute atomic E-state index is 0.330. The van der Waals surface area contributed by atoms with Crippen molar-refractivity contribution in [1.29, 1.82) is 0 Å². The number of hydrogen-bond acceptors (Lipinski definition) is 2. The molecule has 1 aliphatic rings. The van der Waals surface area contributed by atoms with E-state index in [1.165, 1.54) is 11.1 Å². The van der Waals surface area contributed by atoms with E-state index in [1.54, 1.807) is 0 Å². The van der Waals surface area contributed by atoms with E-state index in [1.807, 2.05) is 0 Å². The van der Waals surface area contributed by atoms with Gasteiger partial charge < -0.3 is 5.11 Å². The predicted molar refractivity (Wildman–Crippen MR) is 56.2 cm³/mol. The molecule has 1 aliphatic carbocycles. The van der Waals surface area contributed by atoms with Gasteiger partial charge in [-0.05, 0) is 49.8 Å². The smallest absolute Gasteiger partial charge is 0.0962 e. The van der Waals surface area contributed by atoms with Crippen LogP contribution >= 0.6 is 0 Å². The van der Waals surface area contributed by atoms with E-state index in [-0.39, 0.29) is 6.10 Å². The molecule has 0 saturated carbocycles. The van der Waals surface area contributed by atoms with Gasteiger partial charge in [0.2, 0.25) is 0 Å². The van der Waals surface area contributed by atoms with Crippen molar-refractivity contribution in [2.45, 2.75) is 45.6 Å². The summed E-state index contributed by atoms with van der Waals surface area (Å²) in [5.41, 5.74) is 4.61. The molecular weight excluding hydrogens is 174 g/mol. The van der Waals surface area contributed by atoms with Crippen LogP contribution in [0.1, 0.15) is 48.4 Å². The van der Waals surface area contributed by atoms with Gasteiger partial charge >= 0.3 is 0 Å². The Hall–Kier alpha value is -0.890. The molecular formula is C12H17NO. The first-order valence-electron chi connectivity index (χ1n) is 5.39. The van der Waals surface area contributed by atoms with Gasteiger partial charge in [-0.1, -0.05) is 6.92 Å². The van der Waals surface area contributed by atoms with E-state index in [0.717, 1.165) is 37.1 Å². The van der Waals surface area contributed by atoms with Gasteiger partial charge in [-0.25, -0.2) is 0 Å². The Labute approximate surface area is 85.0 Å².